The summed E-state index contributed by atoms with van der Waals surface area (Å²) >= 11 is 0. The Kier molecular flexibility index (Phi) is 3.08. The molecule has 20 heavy (non-hydrogen) atoms. The van der Waals surface area contributed by atoms with Crippen LogP contribution < -0.4 is 0 Å². The lowest BCUT2D eigenvalue weighted by Crippen LogP contribution is -2.25. The standard InChI is InChI=1S/C16H17NO3/c1-3-6-10-12-9-7-4-5-8-11(9)17-14(12)15(18)13(10)16(19)20-2/h4-5,7-8,10,13,17H,3,6H2,1-2H3/t10-,13+/m0/s1. The van der Waals surface area contributed by atoms with Crippen molar-refractivity contribution in [3.8, 4) is 0 Å². The third-order valence-electron chi connectivity index (χ3n) is 4.10. The second-order valence-electron chi connectivity index (χ2n) is 5.22. The zero-order valence-corrected chi connectivity index (χ0v) is 11.6. The molecule has 1 aliphatic carbocycles. The van der Waals surface area contributed by atoms with E-state index in [1.54, 1.807) is 0 Å². The van der Waals surface area contributed by atoms with E-state index in [1.165, 1.54) is 7.11 Å². The molecule has 2 atom stereocenters. The molecule has 0 saturated carbocycles. The first kappa shape index (κ1) is 12.9. The van der Waals surface area contributed by atoms with Gasteiger partial charge in [0.2, 0.25) is 0 Å². The van der Waals surface area contributed by atoms with Crippen LogP contribution >= 0.6 is 0 Å². The average Bonchev–Trinajstić information content (AvgIpc) is 2.96. The van der Waals surface area contributed by atoms with Gasteiger partial charge in [-0.15, -0.1) is 0 Å². The molecular formula is C16H17NO3. The summed E-state index contributed by atoms with van der Waals surface area (Å²) in [5.74, 6) is -1.33. The van der Waals surface area contributed by atoms with Crippen molar-refractivity contribution in [3.05, 3.63) is 35.5 Å². The maximum absolute atomic E-state index is 12.5. The molecule has 2 aromatic rings. The highest BCUT2D eigenvalue weighted by Crippen LogP contribution is 2.44. The molecule has 4 nitrogen and oxygen atoms in total. The predicted octanol–water partition coefficient (Wildman–Crippen LogP) is 3.04. The van der Waals surface area contributed by atoms with Crippen LogP contribution in [0.5, 0.6) is 0 Å². The molecule has 1 aromatic carbocycles. The number of para-hydroxylation sites is 1. The Balaban J connectivity index is 2.18. The van der Waals surface area contributed by atoms with Gasteiger partial charge in [0.25, 0.3) is 0 Å². The molecule has 0 bridgehead atoms. The largest absolute Gasteiger partial charge is 0.468 e. The Morgan fingerprint density at radius 3 is 2.80 bits per heavy atom. The van der Waals surface area contributed by atoms with Gasteiger partial charge in [0.05, 0.1) is 12.8 Å². The van der Waals surface area contributed by atoms with E-state index < -0.39 is 11.9 Å². The number of ketones is 1. The highest BCUT2D eigenvalue weighted by Gasteiger charge is 2.46. The topological polar surface area (TPSA) is 59.2 Å². The monoisotopic (exact) mass is 271 g/mol. The van der Waals surface area contributed by atoms with Crippen LogP contribution in [-0.2, 0) is 9.53 Å². The number of aromatic nitrogens is 1. The Hall–Kier alpha value is -2.10. The van der Waals surface area contributed by atoms with Crippen LogP contribution in [0.4, 0.5) is 0 Å². The van der Waals surface area contributed by atoms with Gasteiger partial charge in [-0.3, -0.25) is 9.59 Å². The van der Waals surface area contributed by atoms with Gasteiger partial charge in [0.15, 0.2) is 5.78 Å². The number of Topliss-reactive ketones (excluding diaryl/α,β-unsaturated/α-hetero) is 1. The second kappa shape index (κ2) is 4.78. The molecule has 0 radical (unpaired) electrons. The van der Waals surface area contributed by atoms with Gasteiger partial charge in [0, 0.05) is 16.8 Å². The van der Waals surface area contributed by atoms with Gasteiger partial charge in [-0.2, -0.15) is 0 Å². The zero-order chi connectivity index (χ0) is 14.3. The van der Waals surface area contributed by atoms with Gasteiger partial charge in [-0.05, 0) is 18.1 Å². The Labute approximate surface area is 117 Å². The summed E-state index contributed by atoms with van der Waals surface area (Å²) in [7, 11) is 1.34. The number of carbonyl (C=O) groups excluding carboxylic acids is 2. The van der Waals surface area contributed by atoms with E-state index in [4.69, 9.17) is 4.74 Å². The molecule has 104 valence electrons. The quantitative estimate of drug-likeness (QED) is 0.689. The maximum atomic E-state index is 12.5. The van der Waals surface area contributed by atoms with Gasteiger partial charge in [-0.25, -0.2) is 0 Å². The molecular weight excluding hydrogens is 254 g/mol. The Morgan fingerprint density at radius 1 is 1.35 bits per heavy atom. The number of esters is 1. The Morgan fingerprint density at radius 2 is 2.10 bits per heavy atom. The van der Waals surface area contributed by atoms with E-state index in [1.807, 2.05) is 24.3 Å². The van der Waals surface area contributed by atoms with E-state index in [0.29, 0.717) is 5.69 Å². The molecule has 0 amide bonds. The van der Waals surface area contributed by atoms with Crippen molar-refractivity contribution in [1.82, 2.24) is 4.98 Å². The summed E-state index contributed by atoms with van der Waals surface area (Å²) in [6.45, 7) is 2.06. The summed E-state index contributed by atoms with van der Waals surface area (Å²) in [6.07, 6.45) is 1.73. The number of methoxy groups -OCH3 is 1. The van der Waals surface area contributed by atoms with Crippen LogP contribution in [0.25, 0.3) is 10.9 Å². The lowest BCUT2D eigenvalue weighted by atomic mass is 9.87. The van der Waals surface area contributed by atoms with Crippen molar-refractivity contribution in [1.29, 1.82) is 0 Å². The van der Waals surface area contributed by atoms with E-state index in [2.05, 4.69) is 11.9 Å². The smallest absolute Gasteiger partial charge is 0.317 e. The molecule has 0 saturated heterocycles. The van der Waals surface area contributed by atoms with Crippen LogP contribution in [0, 0.1) is 5.92 Å². The highest BCUT2D eigenvalue weighted by atomic mass is 16.5. The van der Waals surface area contributed by atoms with Crippen molar-refractivity contribution >= 4 is 22.7 Å². The molecule has 1 aliphatic rings. The van der Waals surface area contributed by atoms with Crippen molar-refractivity contribution in [2.75, 3.05) is 7.11 Å². The van der Waals surface area contributed by atoms with Crippen molar-refractivity contribution in [2.24, 2.45) is 5.92 Å². The summed E-state index contributed by atoms with van der Waals surface area (Å²) in [6, 6.07) is 7.85. The fraction of sp³-hybridized carbons (Fsp3) is 0.375. The number of ether oxygens (including phenoxy) is 1. The van der Waals surface area contributed by atoms with Gasteiger partial charge >= 0.3 is 5.97 Å². The lowest BCUT2D eigenvalue weighted by molar-refractivity contribution is -0.144. The van der Waals surface area contributed by atoms with Crippen molar-refractivity contribution in [2.45, 2.75) is 25.7 Å². The fourth-order valence-electron chi connectivity index (χ4n) is 3.27. The number of rotatable bonds is 3. The fourth-order valence-corrected chi connectivity index (χ4v) is 3.27. The minimum Gasteiger partial charge on any atom is -0.468 e. The van der Waals surface area contributed by atoms with E-state index in [9.17, 15) is 9.59 Å². The average molecular weight is 271 g/mol. The van der Waals surface area contributed by atoms with E-state index in [0.717, 1.165) is 29.3 Å². The third-order valence-corrected chi connectivity index (χ3v) is 4.10. The van der Waals surface area contributed by atoms with Crippen molar-refractivity contribution < 1.29 is 14.3 Å². The number of hydrogen-bond acceptors (Lipinski definition) is 3. The number of fused-ring (bicyclic) bond motifs is 3. The minimum absolute atomic E-state index is 0.0777. The number of carbonyl (C=O) groups is 2. The molecule has 0 fully saturated rings. The van der Waals surface area contributed by atoms with Gasteiger partial charge in [0.1, 0.15) is 5.92 Å². The minimum atomic E-state index is -0.689. The van der Waals surface area contributed by atoms with Gasteiger partial charge < -0.3 is 9.72 Å². The van der Waals surface area contributed by atoms with Crippen LogP contribution in [0.2, 0.25) is 0 Å². The number of H-pyrrole nitrogens is 1. The molecule has 3 rings (SSSR count). The summed E-state index contributed by atoms with van der Waals surface area (Å²) in [4.78, 5) is 27.6. The third kappa shape index (κ3) is 1.68. The number of aromatic amines is 1. The molecule has 0 unspecified atom stereocenters. The summed E-state index contributed by atoms with van der Waals surface area (Å²) in [5, 5.41) is 1.04. The SMILES string of the molecule is CCC[C@H]1c2c([nH]c3ccccc23)C(=O)[C@@H]1C(=O)OC. The van der Waals surface area contributed by atoms with Crippen LogP contribution in [0.15, 0.2) is 24.3 Å². The first-order chi connectivity index (χ1) is 9.69. The molecule has 0 spiro atoms. The zero-order valence-electron chi connectivity index (χ0n) is 11.6. The second-order valence-corrected chi connectivity index (χ2v) is 5.22. The highest BCUT2D eigenvalue weighted by molar-refractivity contribution is 6.15. The summed E-state index contributed by atoms with van der Waals surface area (Å²) < 4.78 is 4.82. The Bertz CT molecular complexity index is 686. The first-order valence-corrected chi connectivity index (χ1v) is 6.91. The summed E-state index contributed by atoms with van der Waals surface area (Å²) in [5.41, 5.74) is 2.53. The molecule has 1 aromatic heterocycles. The van der Waals surface area contributed by atoms with E-state index in [-0.39, 0.29) is 11.7 Å². The molecule has 1 N–H and O–H groups in total. The molecule has 1 heterocycles. The normalized spacial score (nSPS) is 21.2. The molecule has 0 aliphatic heterocycles. The van der Waals surface area contributed by atoms with Crippen LogP contribution in [0.1, 0.15) is 41.7 Å². The lowest BCUT2D eigenvalue weighted by Gasteiger charge is -2.16. The number of hydrogen-bond donors (Lipinski definition) is 1. The van der Waals surface area contributed by atoms with Crippen molar-refractivity contribution in [3.63, 3.8) is 0 Å². The van der Waals surface area contributed by atoms with Gasteiger partial charge in [-0.1, -0.05) is 31.5 Å². The predicted molar refractivity (Wildman–Crippen MR) is 75.8 cm³/mol. The maximum Gasteiger partial charge on any atom is 0.317 e. The van der Waals surface area contributed by atoms with E-state index >= 15 is 0 Å². The van der Waals surface area contributed by atoms with Crippen LogP contribution in [-0.4, -0.2) is 23.8 Å². The molecule has 4 heteroatoms. The number of nitrogens with one attached hydrogen (secondary N) is 1. The van der Waals surface area contributed by atoms with Crippen LogP contribution in [0.3, 0.4) is 0 Å². The first-order valence-electron chi connectivity index (χ1n) is 6.91. The number of benzene rings is 1.